The van der Waals surface area contributed by atoms with Crippen LogP contribution in [0.4, 0.5) is 0 Å². The maximum Gasteiger partial charge on any atom is 0.317 e. The minimum atomic E-state index is -1.54. The van der Waals surface area contributed by atoms with Crippen LogP contribution >= 0.6 is 0 Å². The predicted octanol–water partition coefficient (Wildman–Crippen LogP) is 1.35. The molecule has 24 heteroatoms. The molecule has 61 heavy (non-hydrogen) atoms. The number of Topliss-reactive ketones (excluding diaryl/α,β-unsaturated/α-hetero) is 1. The van der Waals surface area contributed by atoms with E-state index in [2.05, 4.69) is 16.9 Å². The van der Waals surface area contributed by atoms with E-state index in [0.717, 1.165) is 25.5 Å². The number of ether oxygens (including phenoxy) is 1. The highest BCUT2D eigenvalue weighted by atomic mass is 16.6. The first-order valence-electron chi connectivity index (χ1n) is 18.5. The van der Waals surface area contributed by atoms with Crippen LogP contribution in [0.15, 0.2) is 12.2 Å². The van der Waals surface area contributed by atoms with E-state index in [1.807, 2.05) is 0 Å². The molecule has 0 aromatic rings. The number of hydroxylamine groups is 1. The predicted molar refractivity (Wildman–Crippen MR) is 202 cm³/mol. The molecule has 1 aliphatic carbocycles. The van der Waals surface area contributed by atoms with Crippen molar-refractivity contribution >= 4 is 71.7 Å². The number of carboxylic acids is 7. The molecule has 2 rings (SSSR count). The van der Waals surface area contributed by atoms with Gasteiger partial charge in [-0.05, 0) is 64.7 Å². The Morgan fingerprint density at radius 1 is 0.705 bits per heavy atom. The molecule has 1 heterocycles. The van der Waals surface area contributed by atoms with Crippen LogP contribution in [-0.2, 0) is 62.3 Å². The molecule has 11 N–H and O–H groups in total. The summed E-state index contributed by atoms with van der Waals surface area (Å²) in [6.07, 6.45) is 5.54. The fraction of sp³-hybridized carbons (Fsp3) is 0.622. The highest BCUT2D eigenvalue weighted by Gasteiger charge is 2.33. The van der Waals surface area contributed by atoms with Crippen molar-refractivity contribution in [1.29, 1.82) is 0 Å². The summed E-state index contributed by atoms with van der Waals surface area (Å²) < 4.78 is 4.24. The molecule has 0 bridgehead atoms. The molecule has 0 aromatic heterocycles. The van der Waals surface area contributed by atoms with Crippen molar-refractivity contribution in [3.8, 4) is 0 Å². The van der Waals surface area contributed by atoms with Gasteiger partial charge in [-0.15, -0.1) is 0 Å². The van der Waals surface area contributed by atoms with Crippen molar-refractivity contribution in [2.24, 2.45) is 29.6 Å². The van der Waals surface area contributed by atoms with Crippen molar-refractivity contribution in [3.05, 3.63) is 12.2 Å². The van der Waals surface area contributed by atoms with E-state index in [0.29, 0.717) is 5.92 Å². The second-order valence-corrected chi connectivity index (χ2v) is 13.4. The number of rotatable bonds is 23. The van der Waals surface area contributed by atoms with Gasteiger partial charge in [0.1, 0.15) is 12.1 Å². The number of esters is 2. The average molecular weight is 884 g/mol. The third-order valence-electron chi connectivity index (χ3n) is 8.20. The summed E-state index contributed by atoms with van der Waals surface area (Å²) in [5.41, 5.74) is 1.29. The van der Waals surface area contributed by atoms with Crippen molar-refractivity contribution in [2.45, 2.75) is 116 Å². The quantitative estimate of drug-likeness (QED) is 0.0131. The van der Waals surface area contributed by atoms with Crippen molar-refractivity contribution in [3.63, 3.8) is 0 Å². The average Bonchev–Trinajstić information content (AvgIpc) is 3.50. The normalized spacial score (nSPS) is 16.3. The minimum Gasteiger partial charge on any atom is -0.481 e. The summed E-state index contributed by atoms with van der Waals surface area (Å²) in [7, 11) is 0. The van der Waals surface area contributed by atoms with E-state index in [1.165, 1.54) is 12.4 Å². The fourth-order valence-corrected chi connectivity index (χ4v) is 4.86. The van der Waals surface area contributed by atoms with E-state index in [1.54, 1.807) is 0 Å². The Balaban J connectivity index is -0.000000341. The van der Waals surface area contributed by atoms with Gasteiger partial charge in [0.2, 0.25) is 5.91 Å². The zero-order valence-corrected chi connectivity index (χ0v) is 33.3. The van der Waals surface area contributed by atoms with Crippen molar-refractivity contribution in [1.82, 2.24) is 5.48 Å². The maximum atomic E-state index is 10.8. The number of cyclic esters (lactones) is 2. The summed E-state index contributed by atoms with van der Waals surface area (Å²) in [5.74, 6) is -12.9. The van der Waals surface area contributed by atoms with Crippen molar-refractivity contribution < 1.29 is 115 Å². The van der Waals surface area contributed by atoms with Crippen molar-refractivity contribution in [2.75, 3.05) is 0 Å². The molecule has 5 unspecified atom stereocenters. The van der Waals surface area contributed by atoms with Gasteiger partial charge in [-0.3, -0.25) is 53.2 Å². The van der Waals surface area contributed by atoms with Crippen LogP contribution in [0.1, 0.15) is 111 Å². The van der Waals surface area contributed by atoms with Gasteiger partial charge >= 0.3 is 53.7 Å². The molecule has 348 valence electrons. The topological polar surface area (TPSA) is 428 Å². The van der Waals surface area contributed by atoms with Gasteiger partial charge in [0.15, 0.2) is 6.29 Å². The third kappa shape index (κ3) is 36.7. The Labute approximate surface area is 349 Å². The van der Waals surface area contributed by atoms with Gasteiger partial charge in [-0.25, -0.2) is 5.48 Å². The lowest BCUT2D eigenvalue weighted by Crippen LogP contribution is -2.26. The molecule has 0 radical (unpaired) electrons. The number of nitrogens with one attached hydrogen (secondary N) is 1. The standard InChI is InChI=1S/C8H14O6.C8H12O5.C7H11NO6.C7H8O5.C7H10O.H2/c9-6(10)3-1-5(8(13)14)2-4-7(11)12;1-5(9)4-6(8(12)13)2-3-7(10)11;9-5(8-14)3-4(7(12)13)1-2-6(10)11;8-5(9)2-1-4-3-6(10)12-7(4)11;8-6-7-4-2-1-3-5-7;/h5-6,9-10H,1-4H2,(H,11,12)(H,13,14);6H,2-4H2,1H3,(H,10,11)(H,12,13);4,14H,1-3H2,(H,8,9)(H,10,11)(H,12,13);4H,1-3H2,(H,8,9);1-2,6-7H,3-5H2;1H. The number of aliphatic carboxylic acids is 7. The molecular weight excluding hydrogens is 826 g/mol. The lowest BCUT2D eigenvalue weighted by atomic mass is 9.96. The van der Waals surface area contributed by atoms with Crippen LogP contribution in [0, 0.1) is 29.6 Å². The van der Waals surface area contributed by atoms with Gasteiger partial charge < -0.3 is 60.3 Å². The van der Waals surface area contributed by atoms with Crippen LogP contribution in [0.3, 0.4) is 0 Å². The summed E-state index contributed by atoms with van der Waals surface area (Å²) >= 11 is 0. The van der Waals surface area contributed by atoms with Gasteiger partial charge in [0.25, 0.3) is 0 Å². The largest absolute Gasteiger partial charge is 0.481 e. The first-order chi connectivity index (χ1) is 28.4. The fourth-order valence-electron chi connectivity index (χ4n) is 4.86. The van der Waals surface area contributed by atoms with E-state index in [9.17, 15) is 57.5 Å². The van der Waals surface area contributed by atoms with Gasteiger partial charge in [-0.2, -0.15) is 0 Å². The van der Waals surface area contributed by atoms with E-state index >= 15 is 0 Å². The lowest BCUT2D eigenvalue weighted by molar-refractivity contribution is -0.153. The monoisotopic (exact) mass is 883 g/mol. The number of ketones is 1. The first-order valence-corrected chi connectivity index (χ1v) is 18.5. The van der Waals surface area contributed by atoms with Crippen LogP contribution in [0.5, 0.6) is 0 Å². The van der Waals surface area contributed by atoms with E-state index in [4.69, 9.17) is 51.2 Å². The summed E-state index contributed by atoms with van der Waals surface area (Å²) in [6, 6.07) is 0. The minimum absolute atomic E-state index is 0. The molecule has 1 aliphatic heterocycles. The number of carbonyl (C=O) groups excluding carboxylic acids is 5. The molecule has 0 saturated carbocycles. The summed E-state index contributed by atoms with van der Waals surface area (Å²) in [5, 5.41) is 84.2. The molecule has 0 spiro atoms. The number of aliphatic hydroxyl groups is 2. The number of allylic oxidation sites excluding steroid dienone is 2. The molecular formula is C37H57NO23. The molecule has 1 fully saturated rings. The number of carboxylic acid groups (broad SMARTS) is 7. The first kappa shape index (κ1) is 59.2. The number of hydrogen-bond donors (Lipinski definition) is 11. The molecule has 1 amide bonds. The SMILES string of the molecule is CC(=O)CC(CCC(=O)O)C(=O)O.O=C(O)CCC(CC(=O)NO)C(=O)O.O=C(O)CCC(CCC(O)O)C(=O)O.O=C(O)CCC1CC(=O)OC1=O.O=CC1CC=CCC1.[HH]. The lowest BCUT2D eigenvalue weighted by Gasteiger charge is -2.11. The Morgan fingerprint density at radius 3 is 1.48 bits per heavy atom. The smallest absolute Gasteiger partial charge is 0.317 e. The number of aliphatic hydroxyl groups excluding tert-OH is 1. The second kappa shape index (κ2) is 34.7. The molecule has 0 aromatic carbocycles. The molecule has 24 nitrogen and oxygen atoms in total. The maximum absolute atomic E-state index is 10.8. The van der Waals surface area contributed by atoms with Crippen LogP contribution < -0.4 is 5.48 Å². The van der Waals surface area contributed by atoms with E-state index < -0.39 is 96.0 Å². The van der Waals surface area contributed by atoms with Crippen LogP contribution in [-0.4, -0.2) is 129 Å². The zero-order chi connectivity index (χ0) is 47.7. The second-order valence-electron chi connectivity index (χ2n) is 13.4. The number of carbonyl (C=O) groups is 12. The number of amides is 1. The number of hydrogen-bond acceptors (Lipinski definition) is 16. The number of aldehydes is 1. The molecule has 1 saturated heterocycles. The molecule has 5 atom stereocenters. The zero-order valence-electron chi connectivity index (χ0n) is 33.3. The Bertz CT molecular complexity index is 1510. The Kier molecular flexibility index (Phi) is 33.7. The highest BCUT2D eigenvalue weighted by molar-refractivity contribution is 5.94. The summed E-state index contributed by atoms with van der Waals surface area (Å²) in [6.45, 7) is 1.29. The highest BCUT2D eigenvalue weighted by Crippen LogP contribution is 2.21. The Hall–Kier alpha value is -6.14. The van der Waals surface area contributed by atoms with Crippen LogP contribution in [0.25, 0.3) is 0 Å². The third-order valence-corrected chi connectivity index (χ3v) is 8.20. The van der Waals surface area contributed by atoms with Gasteiger partial charge in [0, 0.05) is 45.9 Å². The van der Waals surface area contributed by atoms with E-state index in [-0.39, 0.29) is 84.3 Å². The van der Waals surface area contributed by atoms with Gasteiger partial charge in [-0.1, -0.05) is 12.2 Å². The Morgan fingerprint density at radius 2 is 1.16 bits per heavy atom. The summed E-state index contributed by atoms with van der Waals surface area (Å²) in [4.78, 5) is 125. The molecule has 2 aliphatic rings. The van der Waals surface area contributed by atoms with Gasteiger partial charge in [0.05, 0.1) is 30.1 Å². The van der Waals surface area contributed by atoms with Crippen LogP contribution in [0.2, 0.25) is 0 Å².